The lowest BCUT2D eigenvalue weighted by atomic mass is 10.1. The van der Waals surface area contributed by atoms with Crippen molar-refractivity contribution in [3.63, 3.8) is 0 Å². The Kier molecular flexibility index (Phi) is 3.34. The average Bonchev–Trinajstić information content (AvgIpc) is 2.93. The van der Waals surface area contributed by atoms with Gasteiger partial charge in [0, 0.05) is 11.6 Å². The summed E-state index contributed by atoms with van der Waals surface area (Å²) in [5, 5.41) is 17.9. The second-order valence-corrected chi connectivity index (χ2v) is 4.97. The Morgan fingerprint density at radius 3 is 3.00 bits per heavy atom. The smallest absolute Gasteiger partial charge is 0.313 e. The van der Waals surface area contributed by atoms with Crippen molar-refractivity contribution in [2.75, 3.05) is 5.75 Å². The third kappa shape index (κ3) is 2.48. The molecule has 0 bridgehead atoms. The van der Waals surface area contributed by atoms with Crippen molar-refractivity contribution in [2.24, 2.45) is 0 Å². The van der Waals surface area contributed by atoms with Gasteiger partial charge in [0.25, 0.3) is 0 Å². The number of carbonyl (C=O) groups is 1. The summed E-state index contributed by atoms with van der Waals surface area (Å²) in [6, 6.07) is 9.78. The second-order valence-electron chi connectivity index (χ2n) is 4.03. The summed E-state index contributed by atoms with van der Waals surface area (Å²) in [5.41, 5.74) is 0.706. The maximum atomic E-state index is 10.5. The maximum absolute atomic E-state index is 10.5. The normalized spacial score (nSPS) is 10.8. The summed E-state index contributed by atoms with van der Waals surface area (Å²) in [6.07, 6.45) is 1.71. The molecule has 0 aliphatic rings. The Morgan fingerprint density at radius 2 is 2.15 bits per heavy atom. The van der Waals surface area contributed by atoms with Crippen LogP contribution in [0.15, 0.2) is 41.7 Å². The van der Waals surface area contributed by atoms with E-state index in [1.165, 1.54) is 0 Å². The summed E-state index contributed by atoms with van der Waals surface area (Å²) >= 11 is 1.07. The van der Waals surface area contributed by atoms with Crippen molar-refractivity contribution in [2.45, 2.75) is 5.16 Å². The molecule has 2 aromatic heterocycles. The molecule has 3 aromatic rings. The fourth-order valence-electron chi connectivity index (χ4n) is 1.85. The highest BCUT2D eigenvalue weighted by atomic mass is 32.2. The Hall–Kier alpha value is -2.41. The standard InChI is InChI=1S/C13H10N4O2S/c18-10(19)7-20-13-15-12(16-17-13)11-9-4-2-1-3-8(9)5-6-14-11/h1-6H,7H2,(H,18,19)(H,15,16,17). The summed E-state index contributed by atoms with van der Waals surface area (Å²) in [7, 11) is 0. The quantitative estimate of drug-likeness (QED) is 0.714. The number of hydrogen-bond donors (Lipinski definition) is 2. The molecule has 0 unspecified atom stereocenters. The minimum atomic E-state index is -0.898. The molecular formula is C13H10N4O2S. The van der Waals surface area contributed by atoms with Crippen molar-refractivity contribution in [3.05, 3.63) is 36.5 Å². The fourth-order valence-corrected chi connectivity index (χ4v) is 2.37. The van der Waals surface area contributed by atoms with Gasteiger partial charge < -0.3 is 5.11 Å². The fraction of sp³-hybridized carbons (Fsp3) is 0.0769. The van der Waals surface area contributed by atoms with Gasteiger partial charge in [-0.05, 0) is 11.5 Å². The van der Waals surface area contributed by atoms with E-state index in [1.807, 2.05) is 30.3 Å². The lowest BCUT2D eigenvalue weighted by molar-refractivity contribution is -0.133. The van der Waals surface area contributed by atoms with Crippen LogP contribution < -0.4 is 0 Å². The molecule has 1 aromatic carbocycles. The number of carboxylic acids is 1. The Morgan fingerprint density at radius 1 is 1.30 bits per heavy atom. The molecule has 0 spiro atoms. The average molecular weight is 286 g/mol. The number of aromatic amines is 1. The van der Waals surface area contributed by atoms with E-state index in [9.17, 15) is 4.79 Å². The molecule has 0 atom stereocenters. The number of aromatic nitrogens is 4. The predicted molar refractivity (Wildman–Crippen MR) is 75.5 cm³/mol. The van der Waals surface area contributed by atoms with Crippen molar-refractivity contribution < 1.29 is 9.90 Å². The number of hydrogen-bond acceptors (Lipinski definition) is 5. The minimum absolute atomic E-state index is 0.0692. The van der Waals surface area contributed by atoms with Crippen LogP contribution in [0.5, 0.6) is 0 Å². The van der Waals surface area contributed by atoms with Gasteiger partial charge in [0.2, 0.25) is 5.16 Å². The van der Waals surface area contributed by atoms with Gasteiger partial charge in [-0.25, -0.2) is 0 Å². The minimum Gasteiger partial charge on any atom is -0.481 e. The first kappa shape index (κ1) is 12.6. The highest BCUT2D eigenvalue weighted by Gasteiger charge is 2.11. The lowest BCUT2D eigenvalue weighted by Gasteiger charge is -2.01. The van der Waals surface area contributed by atoms with E-state index in [2.05, 4.69) is 20.2 Å². The van der Waals surface area contributed by atoms with Gasteiger partial charge in [-0.2, -0.15) is 4.98 Å². The number of rotatable bonds is 4. The van der Waals surface area contributed by atoms with Crippen LogP contribution in [0.3, 0.4) is 0 Å². The van der Waals surface area contributed by atoms with Crippen molar-refractivity contribution in [3.8, 4) is 11.5 Å². The van der Waals surface area contributed by atoms with Crippen LogP contribution in [0.4, 0.5) is 0 Å². The second kappa shape index (κ2) is 5.30. The first-order valence-electron chi connectivity index (χ1n) is 5.85. The lowest BCUT2D eigenvalue weighted by Crippen LogP contribution is -1.97. The van der Waals surface area contributed by atoms with Gasteiger partial charge >= 0.3 is 5.97 Å². The van der Waals surface area contributed by atoms with Gasteiger partial charge in [0.05, 0.1) is 5.75 Å². The van der Waals surface area contributed by atoms with E-state index in [0.717, 1.165) is 22.5 Å². The number of pyridine rings is 1. The molecule has 0 amide bonds. The largest absolute Gasteiger partial charge is 0.481 e. The van der Waals surface area contributed by atoms with Gasteiger partial charge in [-0.15, -0.1) is 5.10 Å². The Balaban J connectivity index is 1.97. The maximum Gasteiger partial charge on any atom is 0.313 e. The zero-order valence-corrected chi connectivity index (χ0v) is 11.1. The van der Waals surface area contributed by atoms with Crippen molar-refractivity contribution in [1.82, 2.24) is 20.2 Å². The molecule has 0 saturated heterocycles. The highest BCUT2D eigenvalue weighted by molar-refractivity contribution is 7.99. The molecule has 0 aliphatic carbocycles. The van der Waals surface area contributed by atoms with Crippen LogP contribution in [0.2, 0.25) is 0 Å². The molecule has 0 aliphatic heterocycles. The number of benzene rings is 1. The molecule has 20 heavy (non-hydrogen) atoms. The summed E-state index contributed by atoms with van der Waals surface area (Å²) in [5.74, 6) is -0.431. The molecule has 2 heterocycles. The van der Waals surface area contributed by atoms with Crippen LogP contribution in [-0.2, 0) is 4.79 Å². The number of aliphatic carboxylic acids is 1. The van der Waals surface area contributed by atoms with Crippen LogP contribution in [0, 0.1) is 0 Å². The number of nitrogens with one attached hydrogen (secondary N) is 1. The first-order valence-corrected chi connectivity index (χ1v) is 6.84. The monoisotopic (exact) mass is 286 g/mol. The first-order chi connectivity index (χ1) is 9.74. The SMILES string of the molecule is O=C(O)CSc1n[nH]c(-c2nccc3ccccc23)n1. The Labute approximate surface area is 118 Å². The van der Waals surface area contributed by atoms with E-state index in [-0.39, 0.29) is 5.75 Å². The van der Waals surface area contributed by atoms with E-state index < -0.39 is 5.97 Å². The number of carboxylic acid groups (broad SMARTS) is 1. The molecule has 100 valence electrons. The molecule has 0 radical (unpaired) electrons. The molecule has 7 heteroatoms. The molecule has 3 rings (SSSR count). The summed E-state index contributed by atoms with van der Waals surface area (Å²) in [4.78, 5) is 19.1. The number of thioether (sulfide) groups is 1. The third-order valence-corrected chi connectivity index (χ3v) is 3.52. The highest BCUT2D eigenvalue weighted by Crippen LogP contribution is 2.24. The zero-order valence-electron chi connectivity index (χ0n) is 10.3. The van der Waals surface area contributed by atoms with Crippen LogP contribution in [0.25, 0.3) is 22.3 Å². The predicted octanol–water partition coefficient (Wildman–Crippen LogP) is 2.20. The molecule has 2 N–H and O–H groups in total. The van der Waals surface area contributed by atoms with Gasteiger partial charge in [-0.1, -0.05) is 36.0 Å². The van der Waals surface area contributed by atoms with Crippen molar-refractivity contribution in [1.29, 1.82) is 0 Å². The van der Waals surface area contributed by atoms with Crippen LogP contribution in [-0.4, -0.2) is 37.0 Å². The van der Waals surface area contributed by atoms with Gasteiger partial charge in [-0.3, -0.25) is 14.9 Å². The van der Waals surface area contributed by atoms with Crippen LogP contribution >= 0.6 is 11.8 Å². The topological polar surface area (TPSA) is 91.8 Å². The van der Waals surface area contributed by atoms with Gasteiger partial charge in [0.1, 0.15) is 5.69 Å². The van der Waals surface area contributed by atoms with E-state index in [1.54, 1.807) is 6.20 Å². The number of nitrogens with zero attached hydrogens (tertiary/aromatic N) is 3. The van der Waals surface area contributed by atoms with E-state index in [0.29, 0.717) is 16.7 Å². The van der Waals surface area contributed by atoms with E-state index in [4.69, 9.17) is 5.11 Å². The number of fused-ring (bicyclic) bond motifs is 1. The zero-order chi connectivity index (χ0) is 13.9. The van der Waals surface area contributed by atoms with Crippen LogP contribution in [0.1, 0.15) is 0 Å². The number of H-pyrrole nitrogens is 1. The van der Waals surface area contributed by atoms with E-state index >= 15 is 0 Å². The van der Waals surface area contributed by atoms with Gasteiger partial charge in [0.15, 0.2) is 5.82 Å². The molecule has 0 saturated carbocycles. The molecule has 6 nitrogen and oxygen atoms in total. The summed E-state index contributed by atoms with van der Waals surface area (Å²) < 4.78 is 0. The Bertz CT molecular complexity index is 766. The molecule has 0 fully saturated rings. The van der Waals surface area contributed by atoms with Crippen molar-refractivity contribution >= 4 is 28.5 Å². The third-order valence-electron chi connectivity index (χ3n) is 2.69. The molecular weight excluding hydrogens is 276 g/mol. The summed E-state index contributed by atoms with van der Waals surface area (Å²) in [6.45, 7) is 0.